The summed E-state index contributed by atoms with van der Waals surface area (Å²) in [6.07, 6.45) is 1.21. The zero-order valence-electron chi connectivity index (χ0n) is 16.8. The van der Waals surface area contributed by atoms with E-state index in [-0.39, 0.29) is 18.0 Å². The summed E-state index contributed by atoms with van der Waals surface area (Å²) >= 11 is 0. The number of aryl methyl sites for hydroxylation is 2. The first-order chi connectivity index (χ1) is 13.9. The molecule has 0 amide bonds. The molecule has 0 saturated carbocycles. The molecule has 0 saturated heterocycles. The highest BCUT2D eigenvalue weighted by Crippen LogP contribution is 2.18. The zero-order valence-corrected chi connectivity index (χ0v) is 17.6. The van der Waals surface area contributed by atoms with Crippen molar-refractivity contribution in [2.75, 3.05) is 13.6 Å². The van der Waals surface area contributed by atoms with E-state index < -0.39 is 10.0 Å². The van der Waals surface area contributed by atoms with Crippen LogP contribution in [0.25, 0.3) is 0 Å². The molecule has 0 spiro atoms. The summed E-state index contributed by atoms with van der Waals surface area (Å²) < 4.78 is 37.6. The highest BCUT2D eigenvalue weighted by atomic mass is 32.2. The van der Waals surface area contributed by atoms with Crippen molar-refractivity contribution >= 4 is 10.0 Å². The summed E-state index contributed by atoms with van der Waals surface area (Å²) in [4.78, 5) is 4.56. The summed E-state index contributed by atoms with van der Waals surface area (Å²) in [5.41, 5.74) is 2.12. The number of hydrogen-bond acceptors (Lipinski definition) is 6. The Morgan fingerprint density at radius 1 is 1.10 bits per heavy atom. The number of benzene rings is 2. The average molecular weight is 416 g/mol. The number of hydrogen-bond donors (Lipinski definition) is 0. The van der Waals surface area contributed by atoms with Crippen LogP contribution in [-0.2, 0) is 29.5 Å². The first kappa shape index (κ1) is 21.0. The molecule has 0 aliphatic heterocycles. The van der Waals surface area contributed by atoms with Crippen molar-refractivity contribution in [2.24, 2.45) is 0 Å². The maximum atomic E-state index is 12.7. The molecular formula is C21H25N3O4S. The lowest BCUT2D eigenvalue weighted by Gasteiger charge is -2.16. The summed E-state index contributed by atoms with van der Waals surface area (Å²) in [5, 5.41) is 3.91. The van der Waals surface area contributed by atoms with Gasteiger partial charge in [0.1, 0.15) is 5.75 Å². The van der Waals surface area contributed by atoms with Gasteiger partial charge in [0, 0.05) is 20.0 Å². The molecule has 0 N–H and O–H groups in total. The zero-order chi connectivity index (χ0) is 20.9. The van der Waals surface area contributed by atoms with Crippen LogP contribution in [0, 0.1) is 6.92 Å². The van der Waals surface area contributed by atoms with Crippen LogP contribution in [0.4, 0.5) is 0 Å². The Morgan fingerprint density at radius 3 is 2.52 bits per heavy atom. The molecule has 3 rings (SSSR count). The van der Waals surface area contributed by atoms with Gasteiger partial charge >= 0.3 is 0 Å². The fourth-order valence-corrected chi connectivity index (χ4v) is 3.93. The van der Waals surface area contributed by atoms with E-state index in [0.29, 0.717) is 18.1 Å². The molecule has 7 nitrogen and oxygen atoms in total. The molecule has 0 aliphatic rings. The Kier molecular flexibility index (Phi) is 6.66. The minimum absolute atomic E-state index is 0.162. The highest BCUT2D eigenvalue weighted by molar-refractivity contribution is 7.89. The molecule has 29 heavy (non-hydrogen) atoms. The molecule has 154 valence electrons. The third kappa shape index (κ3) is 5.21. The third-order valence-corrected chi connectivity index (χ3v) is 6.52. The lowest BCUT2D eigenvalue weighted by Crippen LogP contribution is -2.29. The van der Waals surface area contributed by atoms with Crippen LogP contribution >= 0.6 is 0 Å². The van der Waals surface area contributed by atoms with E-state index in [1.54, 1.807) is 19.2 Å². The first-order valence-corrected chi connectivity index (χ1v) is 10.9. The maximum absolute atomic E-state index is 12.7. The molecule has 8 heteroatoms. The minimum Gasteiger partial charge on any atom is -0.483 e. The van der Waals surface area contributed by atoms with Gasteiger partial charge in [0.05, 0.1) is 4.90 Å². The number of likely N-dealkylation sites (N-methyl/N-ethyl adjacent to an activating group) is 1. The molecule has 0 aliphatic carbocycles. The predicted octanol–water partition coefficient (Wildman–Crippen LogP) is 3.38. The van der Waals surface area contributed by atoms with Crippen molar-refractivity contribution in [1.82, 2.24) is 14.4 Å². The van der Waals surface area contributed by atoms with E-state index >= 15 is 0 Å². The topological polar surface area (TPSA) is 85.5 Å². The number of sulfonamides is 1. The second-order valence-corrected chi connectivity index (χ2v) is 8.78. The van der Waals surface area contributed by atoms with E-state index in [9.17, 15) is 8.42 Å². The van der Waals surface area contributed by atoms with Crippen molar-refractivity contribution in [3.05, 3.63) is 71.4 Å². The van der Waals surface area contributed by atoms with Crippen molar-refractivity contribution in [2.45, 2.75) is 38.2 Å². The number of nitrogens with zero attached hydrogens (tertiary/aromatic N) is 3. The molecule has 0 atom stereocenters. The molecule has 0 bridgehead atoms. The largest absolute Gasteiger partial charge is 0.483 e. The van der Waals surface area contributed by atoms with E-state index in [1.165, 1.54) is 4.31 Å². The quantitative estimate of drug-likeness (QED) is 0.533. The van der Waals surface area contributed by atoms with Gasteiger partial charge in [0.25, 0.3) is 5.89 Å². The fourth-order valence-electron chi connectivity index (χ4n) is 2.76. The second kappa shape index (κ2) is 9.19. The third-order valence-electron chi connectivity index (χ3n) is 4.64. The Balaban J connectivity index is 1.56. The highest BCUT2D eigenvalue weighted by Gasteiger charge is 2.21. The maximum Gasteiger partial charge on any atom is 0.264 e. The summed E-state index contributed by atoms with van der Waals surface area (Å²) in [6.45, 7) is 4.40. The average Bonchev–Trinajstić information content (AvgIpc) is 3.19. The lowest BCUT2D eigenvalue weighted by atomic mass is 10.2. The van der Waals surface area contributed by atoms with Crippen molar-refractivity contribution < 1.29 is 17.7 Å². The number of para-hydroxylation sites is 1. The molecule has 2 aromatic carbocycles. The minimum atomic E-state index is -3.56. The van der Waals surface area contributed by atoms with E-state index in [0.717, 1.165) is 23.3 Å². The molecule has 3 aromatic rings. The van der Waals surface area contributed by atoms with E-state index in [2.05, 4.69) is 10.1 Å². The van der Waals surface area contributed by atoms with Crippen molar-refractivity contribution in [3.8, 4) is 5.75 Å². The summed E-state index contributed by atoms with van der Waals surface area (Å²) in [6, 6.07) is 14.6. The van der Waals surface area contributed by atoms with Gasteiger partial charge in [-0.25, -0.2) is 12.7 Å². The van der Waals surface area contributed by atoms with Gasteiger partial charge in [-0.15, -0.1) is 0 Å². The van der Waals surface area contributed by atoms with Crippen LogP contribution in [0.2, 0.25) is 0 Å². The second-order valence-electron chi connectivity index (χ2n) is 6.73. The van der Waals surface area contributed by atoms with Crippen LogP contribution < -0.4 is 4.74 Å². The first-order valence-electron chi connectivity index (χ1n) is 9.45. The Hall–Kier alpha value is -2.71. The van der Waals surface area contributed by atoms with E-state index in [1.807, 2.05) is 50.2 Å². The lowest BCUT2D eigenvalue weighted by molar-refractivity contribution is 0.241. The smallest absolute Gasteiger partial charge is 0.264 e. The van der Waals surface area contributed by atoms with Gasteiger partial charge in [-0.1, -0.05) is 42.4 Å². The van der Waals surface area contributed by atoms with E-state index in [4.69, 9.17) is 9.26 Å². The van der Waals surface area contributed by atoms with Crippen molar-refractivity contribution in [1.29, 1.82) is 0 Å². The Bertz CT molecular complexity index is 1050. The Labute approximate surface area is 171 Å². The SMILES string of the molecule is CCc1ccc(S(=O)(=O)N(C)CCc2noc(COc3ccccc3C)n2)cc1. The van der Waals surface area contributed by atoms with Crippen LogP contribution in [0.15, 0.2) is 57.9 Å². The number of aromatic nitrogens is 2. The molecule has 1 aromatic heterocycles. The Morgan fingerprint density at radius 2 is 1.83 bits per heavy atom. The van der Waals surface area contributed by atoms with Gasteiger partial charge in [-0.2, -0.15) is 4.98 Å². The van der Waals surface area contributed by atoms with Gasteiger partial charge in [-0.05, 0) is 42.7 Å². The predicted molar refractivity (Wildman–Crippen MR) is 109 cm³/mol. The molecule has 0 fully saturated rings. The standard InChI is InChI=1S/C21H25N3O4S/c1-4-17-9-11-18(12-10-17)29(25,26)24(3)14-13-20-22-21(28-23-20)15-27-19-8-6-5-7-16(19)2/h5-12H,4,13-15H2,1-3H3. The van der Waals surface area contributed by atoms with Gasteiger partial charge < -0.3 is 9.26 Å². The van der Waals surface area contributed by atoms with Gasteiger partial charge in [-0.3, -0.25) is 0 Å². The van der Waals surface area contributed by atoms with Gasteiger partial charge in [0.2, 0.25) is 10.0 Å². The van der Waals surface area contributed by atoms with Gasteiger partial charge in [0.15, 0.2) is 12.4 Å². The number of rotatable bonds is 9. The summed E-state index contributed by atoms with van der Waals surface area (Å²) in [7, 11) is -2.01. The normalized spacial score (nSPS) is 11.7. The van der Waals surface area contributed by atoms with Crippen LogP contribution in [0.5, 0.6) is 5.75 Å². The molecule has 0 radical (unpaired) electrons. The molecule has 1 heterocycles. The van der Waals surface area contributed by atoms with Crippen LogP contribution in [0.1, 0.15) is 29.8 Å². The van der Waals surface area contributed by atoms with Crippen LogP contribution in [-0.4, -0.2) is 36.5 Å². The number of ether oxygens (including phenoxy) is 1. The van der Waals surface area contributed by atoms with Crippen LogP contribution in [0.3, 0.4) is 0 Å². The molecule has 0 unspecified atom stereocenters. The summed E-state index contributed by atoms with van der Waals surface area (Å²) in [5.74, 6) is 1.55. The van der Waals surface area contributed by atoms with Crippen molar-refractivity contribution in [3.63, 3.8) is 0 Å². The monoisotopic (exact) mass is 415 g/mol. The fraction of sp³-hybridized carbons (Fsp3) is 0.333. The molecular weight excluding hydrogens is 390 g/mol.